The Morgan fingerprint density at radius 1 is 1.22 bits per heavy atom. The number of rotatable bonds is 2. The number of nitrogens with zero attached hydrogens (tertiary/aromatic N) is 1. The van der Waals surface area contributed by atoms with E-state index in [9.17, 15) is 4.79 Å². The average molecular weight is 241 g/mol. The molecule has 3 rings (SSSR count). The Morgan fingerprint density at radius 2 is 2.11 bits per heavy atom. The lowest BCUT2D eigenvalue weighted by Crippen LogP contribution is -2.01. The summed E-state index contributed by atoms with van der Waals surface area (Å²) < 4.78 is 5.16. The summed E-state index contributed by atoms with van der Waals surface area (Å²) in [5, 5.41) is 0. The van der Waals surface area contributed by atoms with E-state index < -0.39 is 0 Å². The van der Waals surface area contributed by atoms with Crippen LogP contribution in [0.3, 0.4) is 0 Å². The van der Waals surface area contributed by atoms with E-state index in [0.717, 1.165) is 28.2 Å². The molecule has 0 unspecified atom stereocenters. The normalized spacial score (nSPS) is 10.7. The summed E-state index contributed by atoms with van der Waals surface area (Å²) in [6, 6.07) is 8.84. The molecule has 5 nitrogen and oxygen atoms in total. The average Bonchev–Trinajstić information content (AvgIpc) is 2.82. The molecule has 2 aromatic heterocycles. The lowest BCUT2D eigenvalue weighted by Gasteiger charge is -1.96. The van der Waals surface area contributed by atoms with Crippen molar-refractivity contribution in [3.8, 4) is 17.1 Å². The van der Waals surface area contributed by atoms with Gasteiger partial charge in [0.25, 0.3) is 0 Å². The van der Waals surface area contributed by atoms with Gasteiger partial charge in [-0.3, -0.25) is 4.79 Å². The minimum atomic E-state index is -0.128. The van der Waals surface area contributed by atoms with E-state index in [4.69, 9.17) is 4.74 Å². The first kappa shape index (κ1) is 10.6. The van der Waals surface area contributed by atoms with Crippen molar-refractivity contribution in [1.82, 2.24) is 15.0 Å². The van der Waals surface area contributed by atoms with Gasteiger partial charge in [-0.15, -0.1) is 0 Å². The third kappa shape index (κ3) is 1.75. The lowest BCUT2D eigenvalue weighted by molar-refractivity contribution is 0.415. The molecule has 0 aliphatic heterocycles. The molecule has 2 heterocycles. The first-order valence-corrected chi connectivity index (χ1v) is 5.49. The van der Waals surface area contributed by atoms with Gasteiger partial charge < -0.3 is 14.7 Å². The van der Waals surface area contributed by atoms with Crippen LogP contribution in [0.2, 0.25) is 0 Å². The Labute approximate surface area is 102 Å². The fourth-order valence-corrected chi connectivity index (χ4v) is 1.81. The second-order valence-corrected chi connectivity index (χ2v) is 3.91. The third-order valence-corrected chi connectivity index (χ3v) is 2.75. The molecule has 0 aliphatic carbocycles. The summed E-state index contributed by atoms with van der Waals surface area (Å²) in [6.07, 6.45) is 1.64. The number of aromatic amines is 2. The van der Waals surface area contributed by atoms with Crippen LogP contribution >= 0.6 is 0 Å². The first-order chi connectivity index (χ1) is 8.76. The Kier molecular flexibility index (Phi) is 2.37. The number of benzene rings is 1. The number of imidazole rings is 1. The van der Waals surface area contributed by atoms with Gasteiger partial charge in [0.2, 0.25) is 5.56 Å². The highest BCUT2D eigenvalue weighted by atomic mass is 16.5. The molecular formula is C13H11N3O2. The van der Waals surface area contributed by atoms with Gasteiger partial charge >= 0.3 is 0 Å². The number of H-pyrrole nitrogens is 2. The highest BCUT2D eigenvalue weighted by molar-refractivity contribution is 5.80. The predicted octanol–water partition coefficient (Wildman–Crippen LogP) is 1.93. The van der Waals surface area contributed by atoms with E-state index >= 15 is 0 Å². The van der Waals surface area contributed by atoms with Crippen molar-refractivity contribution in [3.63, 3.8) is 0 Å². The van der Waals surface area contributed by atoms with Crippen LogP contribution in [0.15, 0.2) is 41.3 Å². The second-order valence-electron chi connectivity index (χ2n) is 3.91. The minimum Gasteiger partial charge on any atom is -0.497 e. The molecule has 0 amide bonds. The van der Waals surface area contributed by atoms with Gasteiger partial charge in [-0.05, 0) is 18.2 Å². The number of nitrogens with one attached hydrogen (secondary N) is 2. The molecule has 0 spiro atoms. The van der Waals surface area contributed by atoms with Gasteiger partial charge in [0, 0.05) is 23.9 Å². The summed E-state index contributed by atoms with van der Waals surface area (Å²) in [7, 11) is 1.63. The fraction of sp³-hybridized carbons (Fsp3) is 0.0769. The molecule has 0 bridgehead atoms. The van der Waals surface area contributed by atoms with Crippen LogP contribution in [0.4, 0.5) is 0 Å². The summed E-state index contributed by atoms with van der Waals surface area (Å²) in [6.45, 7) is 0. The van der Waals surface area contributed by atoms with Crippen molar-refractivity contribution in [1.29, 1.82) is 0 Å². The highest BCUT2D eigenvalue weighted by Crippen LogP contribution is 2.22. The van der Waals surface area contributed by atoms with E-state index in [2.05, 4.69) is 15.0 Å². The maximum Gasteiger partial charge on any atom is 0.247 e. The van der Waals surface area contributed by atoms with Crippen molar-refractivity contribution < 1.29 is 4.74 Å². The maximum absolute atomic E-state index is 11.0. The van der Waals surface area contributed by atoms with Crippen LogP contribution in [-0.2, 0) is 0 Å². The molecule has 0 saturated carbocycles. The minimum absolute atomic E-state index is 0.128. The number of hydrogen-bond donors (Lipinski definition) is 2. The zero-order valence-corrected chi connectivity index (χ0v) is 9.73. The summed E-state index contributed by atoms with van der Waals surface area (Å²) in [4.78, 5) is 21.3. The number of fused-ring (bicyclic) bond motifs is 1. The lowest BCUT2D eigenvalue weighted by atomic mass is 10.3. The molecule has 5 heteroatoms. The molecule has 0 atom stereocenters. The zero-order valence-electron chi connectivity index (χ0n) is 9.73. The van der Waals surface area contributed by atoms with Gasteiger partial charge in [0.1, 0.15) is 11.6 Å². The molecule has 0 aliphatic rings. The molecule has 18 heavy (non-hydrogen) atoms. The van der Waals surface area contributed by atoms with Crippen LogP contribution in [0.1, 0.15) is 0 Å². The van der Waals surface area contributed by atoms with Crippen molar-refractivity contribution in [2.75, 3.05) is 7.11 Å². The van der Waals surface area contributed by atoms with Gasteiger partial charge in [-0.25, -0.2) is 4.98 Å². The molecule has 90 valence electrons. The number of ether oxygens (including phenoxy) is 1. The van der Waals surface area contributed by atoms with E-state index in [0.29, 0.717) is 0 Å². The summed E-state index contributed by atoms with van der Waals surface area (Å²) >= 11 is 0. The fourth-order valence-electron chi connectivity index (χ4n) is 1.81. The topological polar surface area (TPSA) is 70.8 Å². The van der Waals surface area contributed by atoms with E-state index in [1.54, 1.807) is 19.4 Å². The van der Waals surface area contributed by atoms with Gasteiger partial charge in [-0.2, -0.15) is 0 Å². The third-order valence-electron chi connectivity index (χ3n) is 2.75. The quantitative estimate of drug-likeness (QED) is 0.720. The number of hydrogen-bond acceptors (Lipinski definition) is 3. The molecular weight excluding hydrogens is 230 g/mol. The Balaban J connectivity index is 2.12. The highest BCUT2D eigenvalue weighted by Gasteiger charge is 2.06. The van der Waals surface area contributed by atoms with Crippen LogP contribution < -0.4 is 10.3 Å². The van der Waals surface area contributed by atoms with Crippen molar-refractivity contribution >= 4 is 11.0 Å². The van der Waals surface area contributed by atoms with Crippen LogP contribution in [-0.4, -0.2) is 22.1 Å². The van der Waals surface area contributed by atoms with E-state index in [1.807, 2.05) is 18.2 Å². The van der Waals surface area contributed by atoms with E-state index in [1.165, 1.54) is 6.07 Å². The summed E-state index contributed by atoms with van der Waals surface area (Å²) in [5.74, 6) is 1.49. The number of aromatic nitrogens is 3. The Hall–Kier alpha value is -2.56. The second kappa shape index (κ2) is 4.03. The molecule has 0 fully saturated rings. The molecule has 3 aromatic rings. The molecule has 0 saturated heterocycles. The summed E-state index contributed by atoms with van der Waals surface area (Å²) in [5.41, 5.74) is 2.47. The molecule has 2 N–H and O–H groups in total. The number of methoxy groups -OCH3 is 1. The van der Waals surface area contributed by atoms with Crippen molar-refractivity contribution in [2.45, 2.75) is 0 Å². The first-order valence-electron chi connectivity index (χ1n) is 5.49. The molecule has 1 aromatic carbocycles. The Bertz CT molecular complexity index is 738. The Morgan fingerprint density at radius 3 is 2.83 bits per heavy atom. The molecule has 0 radical (unpaired) electrons. The SMILES string of the molecule is COc1ccc2nc(-c3ccc(=O)[nH]c3)[nH]c2c1. The number of pyridine rings is 1. The maximum atomic E-state index is 11.0. The monoisotopic (exact) mass is 241 g/mol. The standard InChI is InChI=1S/C13H11N3O2/c1-18-9-3-4-10-11(6-9)16-13(15-10)8-2-5-12(17)14-7-8/h2-7H,1H3,(H,14,17)(H,15,16). The van der Waals surface area contributed by atoms with Crippen molar-refractivity contribution in [3.05, 3.63) is 46.9 Å². The van der Waals surface area contributed by atoms with Gasteiger partial charge in [-0.1, -0.05) is 0 Å². The van der Waals surface area contributed by atoms with Gasteiger partial charge in [0.05, 0.1) is 18.1 Å². The van der Waals surface area contributed by atoms with Gasteiger partial charge in [0.15, 0.2) is 0 Å². The zero-order chi connectivity index (χ0) is 12.5. The van der Waals surface area contributed by atoms with Crippen LogP contribution in [0.5, 0.6) is 5.75 Å². The van der Waals surface area contributed by atoms with E-state index in [-0.39, 0.29) is 5.56 Å². The smallest absolute Gasteiger partial charge is 0.247 e. The predicted molar refractivity (Wildman–Crippen MR) is 68.7 cm³/mol. The van der Waals surface area contributed by atoms with Crippen LogP contribution in [0.25, 0.3) is 22.4 Å². The largest absolute Gasteiger partial charge is 0.497 e. The van der Waals surface area contributed by atoms with Crippen LogP contribution in [0, 0.1) is 0 Å². The van der Waals surface area contributed by atoms with Crippen molar-refractivity contribution in [2.24, 2.45) is 0 Å².